The number of carbonyl (C=O) groups is 1. The maximum absolute atomic E-state index is 11.7. The highest BCUT2D eigenvalue weighted by molar-refractivity contribution is 6.04. The number of aryl methyl sites for hydroxylation is 3. The molecule has 0 unspecified atom stereocenters. The van der Waals surface area contributed by atoms with E-state index in [4.69, 9.17) is 5.11 Å². The summed E-state index contributed by atoms with van der Waals surface area (Å²) in [6.45, 7) is 6.92. The second-order valence-corrected chi connectivity index (χ2v) is 5.34. The Morgan fingerprint density at radius 1 is 1.24 bits per heavy atom. The molecule has 0 aliphatic carbocycles. The van der Waals surface area contributed by atoms with Crippen LogP contribution >= 0.6 is 0 Å². The van der Waals surface area contributed by atoms with Crippen LogP contribution in [0.1, 0.15) is 47.4 Å². The third-order valence-electron chi connectivity index (χ3n) is 4.14. The average molecular weight is 289 g/mol. The predicted octanol–water partition coefficient (Wildman–Crippen LogP) is 3.16. The van der Waals surface area contributed by atoms with E-state index in [0.29, 0.717) is 18.5 Å². The highest BCUT2D eigenvalue weighted by Gasteiger charge is 2.19. The van der Waals surface area contributed by atoms with Gasteiger partial charge in [0.15, 0.2) is 0 Å². The molecule has 2 aromatic rings. The van der Waals surface area contributed by atoms with Gasteiger partial charge in [-0.05, 0) is 49.4 Å². The third kappa shape index (κ3) is 2.68. The molecule has 0 bridgehead atoms. The lowest BCUT2D eigenvalue weighted by atomic mass is 10.0. The van der Waals surface area contributed by atoms with Crippen LogP contribution in [0.25, 0.3) is 10.9 Å². The summed E-state index contributed by atoms with van der Waals surface area (Å²) in [6.07, 6.45) is 2.32. The van der Waals surface area contributed by atoms with Gasteiger partial charge in [-0.3, -0.25) is 0 Å². The molecular formula is C17H23NO3. The maximum atomic E-state index is 11.7. The molecule has 0 fully saturated rings. The van der Waals surface area contributed by atoms with E-state index in [9.17, 15) is 9.90 Å². The van der Waals surface area contributed by atoms with Crippen LogP contribution in [0.2, 0.25) is 0 Å². The number of carboxylic acids is 1. The Morgan fingerprint density at radius 3 is 2.48 bits per heavy atom. The van der Waals surface area contributed by atoms with Crippen LogP contribution in [-0.4, -0.2) is 27.4 Å². The second kappa shape index (κ2) is 6.31. The number of carboxylic acid groups (broad SMARTS) is 1. The highest BCUT2D eigenvalue weighted by atomic mass is 16.4. The number of aromatic carboxylic acids is 1. The average Bonchev–Trinajstić information content (AvgIpc) is 2.74. The standard InChI is InChI=1S/C17H23NO3/c1-4-12-9-14-13(5-2)11(3)18(7-6-8-19)16(14)15(10-12)17(20)21/h9-10,19H,4-8H2,1-3H3,(H,20,21). The van der Waals surface area contributed by atoms with Gasteiger partial charge in [0.2, 0.25) is 0 Å². The van der Waals surface area contributed by atoms with Gasteiger partial charge in [-0.1, -0.05) is 13.8 Å². The molecule has 0 aliphatic rings. The van der Waals surface area contributed by atoms with Crippen molar-refractivity contribution in [2.24, 2.45) is 0 Å². The minimum atomic E-state index is -0.888. The number of hydrogen-bond donors (Lipinski definition) is 2. The van der Waals surface area contributed by atoms with E-state index in [1.807, 2.05) is 18.4 Å². The molecule has 4 nitrogen and oxygen atoms in total. The zero-order valence-electron chi connectivity index (χ0n) is 12.9. The first kappa shape index (κ1) is 15.6. The van der Waals surface area contributed by atoms with Crippen molar-refractivity contribution in [2.45, 2.75) is 46.6 Å². The lowest BCUT2D eigenvalue weighted by molar-refractivity contribution is 0.0698. The summed E-state index contributed by atoms with van der Waals surface area (Å²) in [5.41, 5.74) is 4.53. The number of hydrogen-bond acceptors (Lipinski definition) is 2. The zero-order chi connectivity index (χ0) is 15.6. The molecule has 0 saturated heterocycles. The van der Waals surface area contributed by atoms with Crippen molar-refractivity contribution in [1.82, 2.24) is 4.57 Å². The molecule has 2 rings (SSSR count). The van der Waals surface area contributed by atoms with E-state index < -0.39 is 5.97 Å². The maximum Gasteiger partial charge on any atom is 0.337 e. The number of benzene rings is 1. The van der Waals surface area contributed by atoms with E-state index in [2.05, 4.69) is 13.0 Å². The molecule has 1 aromatic carbocycles. The van der Waals surface area contributed by atoms with Gasteiger partial charge in [0.25, 0.3) is 0 Å². The summed E-state index contributed by atoms with van der Waals surface area (Å²) >= 11 is 0. The van der Waals surface area contributed by atoms with Crippen LogP contribution in [0.5, 0.6) is 0 Å². The Labute approximate surface area is 125 Å². The molecule has 1 heterocycles. The number of aromatic nitrogens is 1. The van der Waals surface area contributed by atoms with Crippen molar-refractivity contribution in [1.29, 1.82) is 0 Å². The van der Waals surface area contributed by atoms with Crippen molar-refractivity contribution in [3.05, 3.63) is 34.5 Å². The summed E-state index contributed by atoms with van der Waals surface area (Å²) in [4.78, 5) is 11.7. The van der Waals surface area contributed by atoms with Crippen LogP contribution in [0.4, 0.5) is 0 Å². The van der Waals surface area contributed by atoms with Crippen LogP contribution in [0, 0.1) is 6.92 Å². The quantitative estimate of drug-likeness (QED) is 0.858. The first-order valence-corrected chi connectivity index (χ1v) is 7.53. The SMILES string of the molecule is CCc1cc(C(=O)O)c2c(c1)c(CC)c(C)n2CCCO. The zero-order valence-corrected chi connectivity index (χ0v) is 12.9. The molecule has 0 atom stereocenters. The monoisotopic (exact) mass is 289 g/mol. The Hall–Kier alpha value is -1.81. The smallest absolute Gasteiger partial charge is 0.337 e. The molecule has 4 heteroatoms. The number of aliphatic hydroxyl groups excluding tert-OH is 1. The Kier molecular flexibility index (Phi) is 4.68. The number of nitrogens with zero attached hydrogens (tertiary/aromatic N) is 1. The van der Waals surface area contributed by atoms with Crippen molar-refractivity contribution in [3.63, 3.8) is 0 Å². The minimum Gasteiger partial charge on any atom is -0.478 e. The first-order chi connectivity index (χ1) is 10.0. The van der Waals surface area contributed by atoms with Gasteiger partial charge in [-0.15, -0.1) is 0 Å². The fraction of sp³-hybridized carbons (Fsp3) is 0.471. The van der Waals surface area contributed by atoms with E-state index in [-0.39, 0.29) is 6.61 Å². The van der Waals surface area contributed by atoms with Gasteiger partial charge in [-0.2, -0.15) is 0 Å². The van der Waals surface area contributed by atoms with E-state index in [1.165, 1.54) is 5.56 Å². The fourth-order valence-electron chi connectivity index (χ4n) is 3.06. The van der Waals surface area contributed by atoms with Crippen LogP contribution < -0.4 is 0 Å². The predicted molar refractivity (Wildman–Crippen MR) is 84.1 cm³/mol. The van der Waals surface area contributed by atoms with E-state index >= 15 is 0 Å². The molecule has 0 amide bonds. The van der Waals surface area contributed by atoms with Gasteiger partial charge < -0.3 is 14.8 Å². The third-order valence-corrected chi connectivity index (χ3v) is 4.14. The second-order valence-electron chi connectivity index (χ2n) is 5.34. The molecular weight excluding hydrogens is 266 g/mol. The largest absolute Gasteiger partial charge is 0.478 e. The summed E-state index contributed by atoms with van der Waals surface area (Å²) in [6, 6.07) is 3.89. The van der Waals surface area contributed by atoms with E-state index in [1.54, 1.807) is 6.07 Å². The normalized spacial score (nSPS) is 11.2. The Balaban J connectivity index is 2.82. The Bertz CT molecular complexity index is 670. The molecule has 0 radical (unpaired) electrons. The van der Waals surface area contributed by atoms with Crippen molar-refractivity contribution in [2.75, 3.05) is 6.61 Å². The number of aliphatic hydroxyl groups is 1. The van der Waals surface area contributed by atoms with Gasteiger partial charge in [0, 0.05) is 24.2 Å². The molecule has 1 aromatic heterocycles. The topological polar surface area (TPSA) is 62.5 Å². The lowest BCUT2D eigenvalue weighted by Gasteiger charge is -2.10. The fourth-order valence-corrected chi connectivity index (χ4v) is 3.06. The summed E-state index contributed by atoms with van der Waals surface area (Å²) in [5.74, 6) is -0.888. The van der Waals surface area contributed by atoms with Gasteiger partial charge in [0.1, 0.15) is 0 Å². The van der Waals surface area contributed by atoms with Crippen molar-refractivity contribution >= 4 is 16.9 Å². The molecule has 114 valence electrons. The van der Waals surface area contributed by atoms with Crippen molar-refractivity contribution < 1.29 is 15.0 Å². The van der Waals surface area contributed by atoms with Gasteiger partial charge in [0.05, 0.1) is 11.1 Å². The first-order valence-electron chi connectivity index (χ1n) is 7.53. The van der Waals surface area contributed by atoms with E-state index in [0.717, 1.165) is 35.0 Å². The summed E-state index contributed by atoms with van der Waals surface area (Å²) < 4.78 is 2.05. The molecule has 0 saturated carbocycles. The summed E-state index contributed by atoms with van der Waals surface area (Å²) in [5, 5.41) is 19.7. The molecule has 0 spiro atoms. The molecule has 21 heavy (non-hydrogen) atoms. The minimum absolute atomic E-state index is 0.107. The van der Waals surface area contributed by atoms with Crippen LogP contribution in [0.3, 0.4) is 0 Å². The van der Waals surface area contributed by atoms with Crippen LogP contribution in [-0.2, 0) is 19.4 Å². The van der Waals surface area contributed by atoms with Gasteiger partial charge in [-0.25, -0.2) is 4.79 Å². The van der Waals surface area contributed by atoms with Gasteiger partial charge >= 0.3 is 5.97 Å². The number of rotatable bonds is 6. The Morgan fingerprint density at radius 2 is 1.95 bits per heavy atom. The highest BCUT2D eigenvalue weighted by Crippen LogP contribution is 2.31. The number of fused-ring (bicyclic) bond motifs is 1. The molecule has 0 aliphatic heterocycles. The lowest BCUT2D eigenvalue weighted by Crippen LogP contribution is -2.07. The van der Waals surface area contributed by atoms with Crippen LogP contribution in [0.15, 0.2) is 12.1 Å². The summed E-state index contributed by atoms with van der Waals surface area (Å²) in [7, 11) is 0. The van der Waals surface area contributed by atoms with Crippen molar-refractivity contribution in [3.8, 4) is 0 Å². The molecule has 2 N–H and O–H groups in total.